The third kappa shape index (κ3) is 6.08. The second kappa shape index (κ2) is 12.2. The number of piperidine rings is 1. The zero-order valence-electron chi connectivity index (χ0n) is 25.4. The van der Waals surface area contributed by atoms with Crippen LogP contribution >= 0.6 is 22.6 Å². The molecule has 2 aromatic carbocycles. The lowest BCUT2D eigenvalue weighted by atomic mass is 10.0. The average molecular weight is 714 g/mol. The number of fused-ring (bicyclic) bond motifs is 2. The standard InChI is InChI=1S/C34H41FIN5O3/c1-22-6-3-2-4-13-41(22)31-27-18-40(32(43)26-17-25(42)16-23-7-5-8-28(36)30(23)26)19-29(27)37-33(38-31)44-21-34(11-12-34)20-39-14-9-24(35)10-15-39/h5,7-8,16-17,22,24,42H,2-4,6,9-15,18-21H2,1H3. The summed E-state index contributed by atoms with van der Waals surface area (Å²) >= 11 is 2.26. The molecule has 1 unspecified atom stereocenters. The molecule has 8 nitrogen and oxygen atoms in total. The van der Waals surface area contributed by atoms with Crippen LogP contribution in [0.15, 0.2) is 30.3 Å². The molecule has 7 rings (SSSR count). The fourth-order valence-corrected chi connectivity index (χ4v) is 8.04. The van der Waals surface area contributed by atoms with Crippen molar-refractivity contribution in [2.24, 2.45) is 5.41 Å². The minimum absolute atomic E-state index is 0.0805. The maximum atomic E-state index is 14.1. The van der Waals surface area contributed by atoms with E-state index in [1.807, 2.05) is 23.1 Å². The van der Waals surface area contributed by atoms with Gasteiger partial charge >= 0.3 is 6.01 Å². The normalized spacial score (nSPS) is 22.2. The van der Waals surface area contributed by atoms with Crippen molar-refractivity contribution in [3.63, 3.8) is 0 Å². The Bertz CT molecular complexity index is 1560. The van der Waals surface area contributed by atoms with E-state index < -0.39 is 6.17 Å². The van der Waals surface area contributed by atoms with Crippen molar-refractivity contribution in [1.82, 2.24) is 19.8 Å². The van der Waals surface area contributed by atoms with E-state index in [9.17, 15) is 14.3 Å². The van der Waals surface area contributed by atoms with Gasteiger partial charge in [0.25, 0.3) is 5.91 Å². The number of likely N-dealkylation sites (tertiary alicyclic amines) is 1. The first-order valence-corrected chi connectivity index (χ1v) is 17.2. The lowest BCUT2D eigenvalue weighted by Gasteiger charge is -2.32. The summed E-state index contributed by atoms with van der Waals surface area (Å²) in [5.41, 5.74) is 2.41. The fourth-order valence-electron chi connectivity index (χ4n) is 7.23. The number of alkyl halides is 1. The number of hydrogen-bond acceptors (Lipinski definition) is 7. The number of anilines is 1. The minimum Gasteiger partial charge on any atom is -0.508 e. The Kier molecular flexibility index (Phi) is 8.32. The number of carbonyl (C=O) groups excluding carboxylic acids is 1. The van der Waals surface area contributed by atoms with Gasteiger partial charge in [-0.05, 0) is 91.6 Å². The van der Waals surface area contributed by atoms with E-state index in [4.69, 9.17) is 14.7 Å². The molecule has 234 valence electrons. The van der Waals surface area contributed by atoms with Crippen molar-refractivity contribution < 1.29 is 19.0 Å². The van der Waals surface area contributed by atoms with Crippen LogP contribution < -0.4 is 9.64 Å². The van der Waals surface area contributed by atoms with E-state index in [0.717, 1.165) is 83.3 Å². The van der Waals surface area contributed by atoms with Gasteiger partial charge in [0.15, 0.2) is 0 Å². The molecule has 4 heterocycles. The smallest absolute Gasteiger partial charge is 0.318 e. The molecular weight excluding hydrogens is 672 g/mol. The van der Waals surface area contributed by atoms with Crippen LogP contribution in [-0.2, 0) is 13.1 Å². The topological polar surface area (TPSA) is 82.0 Å². The van der Waals surface area contributed by atoms with Gasteiger partial charge in [-0.15, -0.1) is 0 Å². The van der Waals surface area contributed by atoms with E-state index in [2.05, 4.69) is 39.3 Å². The minimum atomic E-state index is -0.668. The molecule has 1 N–H and O–H groups in total. The van der Waals surface area contributed by atoms with Gasteiger partial charge in [0.2, 0.25) is 0 Å². The molecule has 1 aliphatic carbocycles. The number of aromatic nitrogens is 2. The number of amides is 1. The van der Waals surface area contributed by atoms with Crippen molar-refractivity contribution in [3.05, 3.63) is 50.7 Å². The second-order valence-corrected chi connectivity index (χ2v) is 14.5. The van der Waals surface area contributed by atoms with Gasteiger partial charge in [-0.1, -0.05) is 25.0 Å². The highest BCUT2D eigenvalue weighted by molar-refractivity contribution is 14.1. The van der Waals surface area contributed by atoms with Crippen molar-refractivity contribution in [2.75, 3.05) is 37.7 Å². The van der Waals surface area contributed by atoms with Gasteiger partial charge in [-0.2, -0.15) is 9.97 Å². The summed E-state index contributed by atoms with van der Waals surface area (Å²) in [6.45, 7) is 7.07. The van der Waals surface area contributed by atoms with Crippen LogP contribution in [0.25, 0.3) is 10.8 Å². The summed E-state index contributed by atoms with van der Waals surface area (Å²) in [5.74, 6) is 0.844. The van der Waals surface area contributed by atoms with Crippen LogP contribution in [0.3, 0.4) is 0 Å². The average Bonchev–Trinajstić information content (AvgIpc) is 3.69. The summed E-state index contributed by atoms with van der Waals surface area (Å²) in [6.07, 6.45) is 7.38. The van der Waals surface area contributed by atoms with Gasteiger partial charge in [0, 0.05) is 52.2 Å². The van der Waals surface area contributed by atoms with E-state index in [-0.39, 0.29) is 17.1 Å². The SMILES string of the molecule is CC1CCCCCN1c1nc(OCC2(CN3CCC(F)CC3)CC2)nc2c1CN(C(=O)c1cc(O)cc3cccc(I)c13)C2. The highest BCUT2D eigenvalue weighted by Crippen LogP contribution is 2.47. The number of ether oxygens (including phenoxy) is 1. The van der Waals surface area contributed by atoms with Gasteiger partial charge < -0.3 is 24.5 Å². The van der Waals surface area contributed by atoms with Crippen LogP contribution in [0, 0.1) is 8.99 Å². The van der Waals surface area contributed by atoms with Gasteiger partial charge in [-0.25, -0.2) is 4.39 Å². The van der Waals surface area contributed by atoms with Crippen LogP contribution in [0.4, 0.5) is 10.2 Å². The van der Waals surface area contributed by atoms with E-state index in [1.54, 1.807) is 12.1 Å². The molecule has 3 fully saturated rings. The summed E-state index contributed by atoms with van der Waals surface area (Å²) in [5, 5.41) is 12.2. The Balaban J connectivity index is 1.16. The van der Waals surface area contributed by atoms with Gasteiger partial charge in [0.1, 0.15) is 17.7 Å². The quantitative estimate of drug-likeness (QED) is 0.282. The molecule has 1 amide bonds. The number of hydrogen-bond donors (Lipinski definition) is 1. The molecule has 0 bridgehead atoms. The molecule has 3 aliphatic heterocycles. The molecule has 1 atom stereocenters. The molecule has 10 heteroatoms. The Hall–Kier alpha value is -2.73. The summed E-state index contributed by atoms with van der Waals surface area (Å²) in [7, 11) is 0. The summed E-state index contributed by atoms with van der Waals surface area (Å²) in [4.78, 5) is 30.6. The number of phenolic OH excluding ortho intramolecular Hbond substituents is 1. The Labute approximate surface area is 272 Å². The molecule has 2 saturated heterocycles. The predicted octanol–water partition coefficient (Wildman–Crippen LogP) is 6.46. The second-order valence-electron chi connectivity index (χ2n) is 13.4. The van der Waals surface area contributed by atoms with E-state index in [0.29, 0.717) is 50.2 Å². The highest BCUT2D eigenvalue weighted by Gasteiger charge is 2.45. The Morgan fingerprint density at radius 3 is 2.70 bits per heavy atom. The number of phenols is 1. The monoisotopic (exact) mass is 713 g/mol. The van der Waals surface area contributed by atoms with Crippen LogP contribution in [0.1, 0.15) is 79.9 Å². The molecule has 0 spiro atoms. The highest BCUT2D eigenvalue weighted by atomic mass is 127. The first-order valence-electron chi connectivity index (χ1n) is 16.1. The first kappa shape index (κ1) is 30.0. The maximum absolute atomic E-state index is 14.1. The van der Waals surface area contributed by atoms with Crippen molar-refractivity contribution >= 4 is 45.1 Å². The van der Waals surface area contributed by atoms with Crippen LogP contribution in [0.2, 0.25) is 0 Å². The molecule has 44 heavy (non-hydrogen) atoms. The Morgan fingerprint density at radius 1 is 1.09 bits per heavy atom. The molecule has 4 aliphatic rings. The van der Waals surface area contributed by atoms with Crippen molar-refractivity contribution in [3.8, 4) is 11.8 Å². The zero-order valence-corrected chi connectivity index (χ0v) is 27.6. The predicted molar refractivity (Wildman–Crippen MR) is 177 cm³/mol. The number of benzene rings is 2. The Morgan fingerprint density at radius 2 is 1.91 bits per heavy atom. The molecule has 1 saturated carbocycles. The number of halogens is 2. The summed E-state index contributed by atoms with van der Waals surface area (Å²) < 4.78 is 21.1. The third-order valence-corrected chi connectivity index (χ3v) is 10.9. The molecular formula is C34H41FIN5O3. The largest absolute Gasteiger partial charge is 0.508 e. The molecule has 3 aromatic rings. The zero-order chi connectivity index (χ0) is 30.4. The summed E-state index contributed by atoms with van der Waals surface area (Å²) in [6, 6.07) is 9.85. The third-order valence-electron chi connectivity index (χ3n) is 10.0. The van der Waals surface area contributed by atoms with Crippen LogP contribution in [0.5, 0.6) is 11.8 Å². The fraction of sp³-hybridized carbons (Fsp3) is 0.559. The van der Waals surface area contributed by atoms with Gasteiger partial charge in [0.05, 0.1) is 31.0 Å². The number of nitrogens with zero attached hydrogens (tertiary/aromatic N) is 5. The van der Waals surface area contributed by atoms with E-state index in [1.165, 1.54) is 12.8 Å². The number of rotatable bonds is 7. The van der Waals surface area contributed by atoms with Gasteiger partial charge in [-0.3, -0.25) is 4.79 Å². The lowest BCUT2D eigenvalue weighted by molar-refractivity contribution is 0.0751. The van der Waals surface area contributed by atoms with Crippen LogP contribution in [-0.4, -0.2) is 75.8 Å². The van der Waals surface area contributed by atoms with Crippen molar-refractivity contribution in [2.45, 2.75) is 83.6 Å². The maximum Gasteiger partial charge on any atom is 0.318 e. The van der Waals surface area contributed by atoms with Crippen molar-refractivity contribution in [1.29, 1.82) is 0 Å². The number of carbonyl (C=O) groups is 1. The molecule has 1 aromatic heterocycles. The van der Waals surface area contributed by atoms with E-state index >= 15 is 0 Å². The number of aromatic hydroxyl groups is 1. The lowest BCUT2D eigenvalue weighted by Crippen LogP contribution is -2.39. The molecule has 0 radical (unpaired) electrons. The first-order chi connectivity index (χ1) is 21.3.